The molecule has 0 bridgehead atoms. The summed E-state index contributed by atoms with van der Waals surface area (Å²) in [5, 5.41) is 0. The first-order valence-corrected chi connectivity index (χ1v) is 2.92. The van der Waals surface area contributed by atoms with Gasteiger partial charge in [-0.1, -0.05) is 20.8 Å². The van der Waals surface area contributed by atoms with E-state index in [-0.39, 0.29) is 5.41 Å². The molecule has 1 heteroatoms. The van der Waals surface area contributed by atoms with Crippen molar-refractivity contribution in [2.24, 2.45) is 10.4 Å². The molecule has 0 atom stereocenters. The van der Waals surface area contributed by atoms with Gasteiger partial charge in [-0.25, -0.2) is 0 Å². The maximum atomic E-state index is 4.08. The van der Waals surface area contributed by atoms with Gasteiger partial charge in [0, 0.05) is 12.8 Å². The van der Waals surface area contributed by atoms with Crippen LogP contribution in [0.25, 0.3) is 0 Å². The number of nitrogens with zero attached hydrogens (tertiary/aromatic N) is 1. The quantitative estimate of drug-likeness (QED) is 0.427. The summed E-state index contributed by atoms with van der Waals surface area (Å²) in [6, 6.07) is 0. The Morgan fingerprint density at radius 1 is 1.25 bits per heavy atom. The third-order valence-electron chi connectivity index (χ3n) is 1.42. The summed E-state index contributed by atoms with van der Waals surface area (Å²) in [5.41, 5.74) is 1.46. The zero-order chi connectivity index (χ0) is 6.78. The van der Waals surface area contributed by atoms with Crippen molar-refractivity contribution in [1.29, 1.82) is 0 Å². The second-order valence-electron chi connectivity index (χ2n) is 3.06. The molecule has 8 heavy (non-hydrogen) atoms. The maximum Gasteiger partial charge on any atom is 0.0276 e. The molecule has 0 fully saturated rings. The molecular formula is C7H15N. The predicted molar refractivity (Wildman–Crippen MR) is 38.5 cm³/mol. The van der Waals surface area contributed by atoms with Crippen LogP contribution >= 0.6 is 0 Å². The van der Waals surface area contributed by atoms with Gasteiger partial charge in [-0.2, -0.15) is 0 Å². The average molecular weight is 113 g/mol. The zero-order valence-electron chi connectivity index (χ0n) is 6.45. The highest BCUT2D eigenvalue weighted by Gasteiger charge is 2.12. The van der Waals surface area contributed by atoms with Crippen LogP contribution in [0.1, 0.15) is 27.7 Å². The van der Waals surface area contributed by atoms with E-state index in [1.54, 1.807) is 0 Å². The third-order valence-corrected chi connectivity index (χ3v) is 1.42. The topological polar surface area (TPSA) is 12.4 Å². The van der Waals surface area contributed by atoms with E-state index in [9.17, 15) is 0 Å². The van der Waals surface area contributed by atoms with Crippen LogP contribution in [0.15, 0.2) is 4.99 Å². The minimum atomic E-state index is 0.259. The second kappa shape index (κ2) is 2.29. The minimum Gasteiger partial charge on any atom is -0.297 e. The molecule has 0 aromatic heterocycles. The van der Waals surface area contributed by atoms with Crippen LogP contribution in [0.2, 0.25) is 0 Å². The van der Waals surface area contributed by atoms with E-state index in [2.05, 4.69) is 32.7 Å². The van der Waals surface area contributed by atoms with Gasteiger partial charge in [-0.05, 0) is 12.3 Å². The van der Waals surface area contributed by atoms with Crippen molar-refractivity contribution < 1.29 is 0 Å². The molecule has 0 rings (SSSR count). The van der Waals surface area contributed by atoms with Gasteiger partial charge in [0.25, 0.3) is 0 Å². The Labute approximate surface area is 51.8 Å². The Morgan fingerprint density at radius 2 is 1.62 bits per heavy atom. The number of hydrogen-bond acceptors (Lipinski definition) is 1. The van der Waals surface area contributed by atoms with E-state index in [0.29, 0.717) is 0 Å². The van der Waals surface area contributed by atoms with Crippen molar-refractivity contribution in [2.75, 3.05) is 7.05 Å². The van der Waals surface area contributed by atoms with Gasteiger partial charge < -0.3 is 0 Å². The van der Waals surface area contributed by atoms with Gasteiger partial charge in [0.1, 0.15) is 0 Å². The van der Waals surface area contributed by atoms with E-state index in [1.807, 2.05) is 7.05 Å². The summed E-state index contributed by atoms with van der Waals surface area (Å²) in [4.78, 5) is 4.08. The highest BCUT2D eigenvalue weighted by Crippen LogP contribution is 2.14. The molecular weight excluding hydrogens is 98.1 g/mol. The Bertz CT molecular complexity index is 95.4. The van der Waals surface area contributed by atoms with Gasteiger partial charge in [0.2, 0.25) is 0 Å². The SMILES string of the molecule is C/N=C(/C)C(C)(C)C. The fourth-order valence-corrected chi connectivity index (χ4v) is 0.335. The first kappa shape index (κ1) is 7.67. The Kier molecular flexibility index (Phi) is 2.20. The van der Waals surface area contributed by atoms with Crippen molar-refractivity contribution in [2.45, 2.75) is 27.7 Å². The molecule has 0 saturated carbocycles. The van der Waals surface area contributed by atoms with E-state index < -0.39 is 0 Å². The van der Waals surface area contributed by atoms with Crippen molar-refractivity contribution in [1.82, 2.24) is 0 Å². The summed E-state index contributed by atoms with van der Waals surface area (Å²) in [6.07, 6.45) is 0. The lowest BCUT2D eigenvalue weighted by atomic mass is 9.91. The van der Waals surface area contributed by atoms with Crippen LogP contribution in [0.3, 0.4) is 0 Å². The van der Waals surface area contributed by atoms with Gasteiger partial charge in [-0.15, -0.1) is 0 Å². The maximum absolute atomic E-state index is 4.08. The Hall–Kier alpha value is -0.330. The molecule has 0 radical (unpaired) electrons. The standard InChI is InChI=1S/C7H15N/c1-6(8-5)7(2,3)4/h1-5H3/b8-6-. The molecule has 0 aromatic carbocycles. The summed E-state index contributed by atoms with van der Waals surface area (Å²) in [5.74, 6) is 0. The van der Waals surface area contributed by atoms with E-state index in [1.165, 1.54) is 5.71 Å². The molecule has 0 amide bonds. The first-order chi connectivity index (χ1) is 3.48. The molecule has 0 spiro atoms. The normalized spacial score (nSPS) is 14.4. The molecule has 0 aliphatic carbocycles. The molecule has 48 valence electrons. The third kappa shape index (κ3) is 2.10. The van der Waals surface area contributed by atoms with Gasteiger partial charge >= 0.3 is 0 Å². The fraction of sp³-hybridized carbons (Fsp3) is 0.857. The second-order valence-corrected chi connectivity index (χ2v) is 3.06. The monoisotopic (exact) mass is 113 g/mol. The molecule has 0 aliphatic rings. The summed E-state index contributed by atoms with van der Waals surface area (Å²) in [6.45, 7) is 8.54. The Balaban J connectivity index is 4.03. The highest BCUT2D eigenvalue weighted by atomic mass is 14.7. The van der Waals surface area contributed by atoms with Gasteiger partial charge in [-0.3, -0.25) is 4.99 Å². The number of aliphatic imine (C=N–C) groups is 1. The molecule has 0 heterocycles. The summed E-state index contributed by atoms with van der Waals surface area (Å²) < 4.78 is 0. The lowest BCUT2D eigenvalue weighted by Crippen LogP contribution is -2.16. The number of rotatable bonds is 0. The molecule has 0 aliphatic heterocycles. The van der Waals surface area contributed by atoms with Crippen molar-refractivity contribution in [3.63, 3.8) is 0 Å². The first-order valence-electron chi connectivity index (χ1n) is 2.92. The van der Waals surface area contributed by atoms with Crippen LogP contribution in [0, 0.1) is 5.41 Å². The van der Waals surface area contributed by atoms with Gasteiger partial charge in [0.05, 0.1) is 0 Å². The highest BCUT2D eigenvalue weighted by molar-refractivity contribution is 5.86. The summed E-state index contributed by atoms with van der Waals surface area (Å²) in [7, 11) is 1.83. The van der Waals surface area contributed by atoms with Crippen LogP contribution in [-0.2, 0) is 0 Å². The van der Waals surface area contributed by atoms with E-state index >= 15 is 0 Å². The lowest BCUT2D eigenvalue weighted by Gasteiger charge is -2.16. The minimum absolute atomic E-state index is 0.259. The fourth-order valence-electron chi connectivity index (χ4n) is 0.335. The van der Waals surface area contributed by atoms with Gasteiger partial charge in [0.15, 0.2) is 0 Å². The lowest BCUT2D eigenvalue weighted by molar-refractivity contribution is 0.587. The molecule has 0 unspecified atom stereocenters. The van der Waals surface area contributed by atoms with Crippen LogP contribution in [-0.4, -0.2) is 12.8 Å². The largest absolute Gasteiger partial charge is 0.297 e. The molecule has 0 saturated heterocycles. The van der Waals surface area contributed by atoms with Crippen LogP contribution in [0.4, 0.5) is 0 Å². The van der Waals surface area contributed by atoms with Crippen molar-refractivity contribution in [3.8, 4) is 0 Å². The van der Waals surface area contributed by atoms with Crippen molar-refractivity contribution >= 4 is 5.71 Å². The smallest absolute Gasteiger partial charge is 0.0276 e. The molecule has 1 nitrogen and oxygen atoms in total. The van der Waals surface area contributed by atoms with Crippen LogP contribution in [0.5, 0.6) is 0 Å². The average Bonchev–Trinajstić information content (AvgIpc) is 1.62. The summed E-state index contributed by atoms with van der Waals surface area (Å²) >= 11 is 0. The Morgan fingerprint density at radius 3 is 1.62 bits per heavy atom. The predicted octanol–water partition coefficient (Wildman–Crippen LogP) is 2.12. The van der Waals surface area contributed by atoms with Crippen LogP contribution < -0.4 is 0 Å². The number of hydrogen-bond donors (Lipinski definition) is 0. The van der Waals surface area contributed by atoms with E-state index in [0.717, 1.165) is 0 Å². The van der Waals surface area contributed by atoms with E-state index in [4.69, 9.17) is 0 Å². The van der Waals surface area contributed by atoms with Crippen molar-refractivity contribution in [3.05, 3.63) is 0 Å². The zero-order valence-corrected chi connectivity index (χ0v) is 6.45. The molecule has 0 aromatic rings. The molecule has 0 N–H and O–H groups in total.